The molecule has 0 aliphatic heterocycles. The fourth-order valence-corrected chi connectivity index (χ4v) is 0.500. The fourth-order valence-electron chi connectivity index (χ4n) is 0.500. The van der Waals surface area contributed by atoms with Crippen molar-refractivity contribution >= 4 is 7.82 Å². The number of phosphoric acid groups is 1. The topological polar surface area (TPSA) is 66.8 Å². The van der Waals surface area contributed by atoms with Crippen molar-refractivity contribution in [3.8, 4) is 0 Å². The Morgan fingerprint density at radius 1 is 1.25 bits per heavy atom. The molecule has 12 heavy (non-hydrogen) atoms. The Balaban J connectivity index is 0. The first-order valence-electron chi connectivity index (χ1n) is 3.83. The van der Waals surface area contributed by atoms with Crippen molar-refractivity contribution in [1.29, 1.82) is 0 Å². The summed E-state index contributed by atoms with van der Waals surface area (Å²) >= 11 is 0. The molecule has 0 saturated carbocycles. The van der Waals surface area contributed by atoms with Crippen molar-refractivity contribution in [2.45, 2.75) is 39.5 Å². The van der Waals surface area contributed by atoms with Crippen molar-refractivity contribution in [2.24, 2.45) is 0 Å². The lowest BCUT2D eigenvalue weighted by molar-refractivity contribution is -0.0389. The van der Waals surface area contributed by atoms with Gasteiger partial charge in [-0.3, -0.25) is 0 Å². The van der Waals surface area contributed by atoms with E-state index in [9.17, 15) is 4.53 Å². The molecule has 0 radical (unpaired) electrons. The van der Waals surface area contributed by atoms with Crippen LogP contribution < -0.4 is 0 Å². The van der Waals surface area contributed by atoms with Gasteiger partial charge in [0.15, 0.2) is 0 Å². The molecular formula is C6H16FO4P. The molecule has 0 atom stereocenters. The molecule has 0 aromatic carbocycles. The monoisotopic (exact) mass is 202 g/mol. The van der Waals surface area contributed by atoms with Gasteiger partial charge >= 0.3 is 7.82 Å². The minimum absolute atomic E-state index is 1.36. The van der Waals surface area contributed by atoms with Gasteiger partial charge in [0.2, 0.25) is 0 Å². The summed E-state index contributed by atoms with van der Waals surface area (Å²) in [7, 11) is -4.81. The Morgan fingerprint density at radius 2 is 1.50 bits per heavy atom. The summed E-state index contributed by atoms with van der Waals surface area (Å²) in [6.45, 7) is 4.46. The summed E-state index contributed by atoms with van der Waals surface area (Å²) in [4.78, 5) is 14.7. The zero-order chi connectivity index (χ0) is 10.0. The maximum absolute atomic E-state index is 10.2. The molecule has 0 rings (SSSR count). The van der Waals surface area contributed by atoms with E-state index in [1.54, 1.807) is 0 Å². The highest BCUT2D eigenvalue weighted by molar-refractivity contribution is 7.46. The van der Waals surface area contributed by atoms with E-state index >= 15 is 0 Å². The second-order valence-electron chi connectivity index (χ2n) is 2.27. The predicted octanol–water partition coefficient (Wildman–Crippen LogP) is 2.57. The average molecular weight is 202 g/mol. The minimum Gasteiger partial charge on any atom is -0.301 e. The second kappa shape index (κ2) is 9.13. The first kappa shape index (κ1) is 14.6. The number of halogens is 1. The van der Waals surface area contributed by atoms with Gasteiger partial charge in [-0.1, -0.05) is 44.3 Å². The molecule has 0 bridgehead atoms. The Hall–Kier alpha value is 0.0400. The Labute approximate surface area is 71.9 Å². The van der Waals surface area contributed by atoms with Gasteiger partial charge in [0.05, 0.1) is 0 Å². The summed E-state index contributed by atoms with van der Waals surface area (Å²) in [5.41, 5.74) is 0. The van der Waals surface area contributed by atoms with Crippen LogP contribution in [0.25, 0.3) is 0 Å². The highest BCUT2D eigenvalue weighted by Gasteiger charge is 2.12. The van der Waals surface area contributed by atoms with Crippen molar-refractivity contribution in [1.82, 2.24) is 0 Å². The van der Waals surface area contributed by atoms with E-state index in [0.29, 0.717) is 0 Å². The first-order valence-corrected chi connectivity index (χ1v) is 5.36. The molecule has 76 valence electrons. The third kappa shape index (κ3) is 22.5. The number of hydrogen-bond donors (Lipinski definition) is 2. The van der Waals surface area contributed by atoms with E-state index in [2.05, 4.69) is 18.6 Å². The lowest BCUT2D eigenvalue weighted by atomic mass is 10.2. The highest BCUT2D eigenvalue weighted by atomic mass is 31.2. The van der Waals surface area contributed by atoms with Gasteiger partial charge in [-0.25, -0.2) is 4.57 Å². The largest absolute Gasteiger partial charge is 0.500 e. The zero-order valence-corrected chi connectivity index (χ0v) is 8.26. The molecule has 0 heterocycles. The van der Waals surface area contributed by atoms with Crippen LogP contribution in [0.2, 0.25) is 0 Å². The summed E-state index contributed by atoms with van der Waals surface area (Å²) in [6, 6.07) is 0. The van der Waals surface area contributed by atoms with Crippen molar-refractivity contribution < 1.29 is 23.6 Å². The molecule has 0 aliphatic rings. The third-order valence-corrected chi connectivity index (χ3v) is 1.23. The summed E-state index contributed by atoms with van der Waals surface area (Å²) < 4.78 is 21.4. The molecule has 0 aromatic heterocycles. The number of rotatable bonds is 4. The highest BCUT2D eigenvalue weighted by Crippen LogP contribution is 2.35. The lowest BCUT2D eigenvalue weighted by Crippen LogP contribution is -1.71. The van der Waals surface area contributed by atoms with Gasteiger partial charge in [0.25, 0.3) is 0 Å². The maximum atomic E-state index is 10.2. The minimum atomic E-state index is -4.81. The van der Waals surface area contributed by atoms with Gasteiger partial charge in [-0.2, -0.15) is 0 Å². The average Bonchev–Trinajstić information content (AvgIpc) is 2.01. The van der Waals surface area contributed by atoms with Crippen LogP contribution in [0, 0.1) is 0 Å². The number of unbranched alkanes of at least 4 members (excludes halogenated alkanes) is 3. The summed E-state index contributed by atoms with van der Waals surface area (Å²) in [5, 5.41) is 0. The molecule has 6 heteroatoms. The van der Waals surface area contributed by atoms with Gasteiger partial charge in [-0.15, -0.1) is 0 Å². The first-order chi connectivity index (χ1) is 5.47. The van der Waals surface area contributed by atoms with Crippen molar-refractivity contribution in [3.63, 3.8) is 0 Å². The molecule has 0 aliphatic carbocycles. The molecule has 0 spiro atoms. The molecule has 0 fully saturated rings. The smallest absolute Gasteiger partial charge is 0.301 e. The van der Waals surface area contributed by atoms with Crippen LogP contribution in [-0.2, 0) is 9.29 Å². The molecule has 4 nitrogen and oxygen atoms in total. The van der Waals surface area contributed by atoms with Gasteiger partial charge in [0, 0.05) is 0 Å². The van der Waals surface area contributed by atoms with Crippen LogP contribution >= 0.6 is 7.82 Å². The van der Waals surface area contributed by atoms with Gasteiger partial charge < -0.3 is 9.79 Å². The number of hydrogen-bond acceptors (Lipinski definition) is 2. The molecule has 0 aromatic rings. The SMILES string of the molecule is CCCCCC.O=P(O)(O)OF. The summed E-state index contributed by atoms with van der Waals surface area (Å²) in [6.07, 6.45) is 5.54. The molecular weight excluding hydrogens is 186 g/mol. The van der Waals surface area contributed by atoms with E-state index in [1.807, 2.05) is 0 Å². The van der Waals surface area contributed by atoms with Crippen molar-refractivity contribution in [2.75, 3.05) is 0 Å². The normalized spacial score (nSPS) is 10.4. The molecule has 0 unspecified atom stereocenters. The van der Waals surface area contributed by atoms with E-state index < -0.39 is 7.82 Å². The van der Waals surface area contributed by atoms with Gasteiger partial charge in [-0.05, 0) is 4.53 Å². The van der Waals surface area contributed by atoms with E-state index in [4.69, 9.17) is 14.4 Å². The summed E-state index contributed by atoms with van der Waals surface area (Å²) in [5.74, 6) is 0. The third-order valence-electron chi connectivity index (χ3n) is 1.05. The van der Waals surface area contributed by atoms with Crippen LogP contribution in [0.4, 0.5) is 4.53 Å². The second-order valence-corrected chi connectivity index (χ2v) is 3.39. The zero-order valence-electron chi connectivity index (χ0n) is 7.36. The molecule has 0 amide bonds. The Kier molecular flexibility index (Phi) is 11.1. The van der Waals surface area contributed by atoms with Gasteiger partial charge in [0.1, 0.15) is 0 Å². The Bertz CT molecular complexity index is 121. The van der Waals surface area contributed by atoms with E-state index in [-0.39, 0.29) is 0 Å². The van der Waals surface area contributed by atoms with E-state index in [0.717, 1.165) is 0 Å². The van der Waals surface area contributed by atoms with E-state index in [1.165, 1.54) is 25.7 Å². The predicted molar refractivity (Wildman–Crippen MR) is 44.1 cm³/mol. The standard InChI is InChI=1S/C6H14.FH2O4P/c1-3-5-6-4-2;1-5-6(2,3)4/h3-6H2,1-2H3;(H2,2,3,4). The Morgan fingerprint density at radius 3 is 1.58 bits per heavy atom. The van der Waals surface area contributed by atoms with Crippen LogP contribution in [0.3, 0.4) is 0 Å². The molecule has 2 N–H and O–H groups in total. The van der Waals surface area contributed by atoms with Crippen molar-refractivity contribution in [3.05, 3.63) is 0 Å². The maximum Gasteiger partial charge on any atom is 0.500 e. The molecule has 0 saturated heterocycles. The van der Waals surface area contributed by atoms with Crippen LogP contribution in [0.15, 0.2) is 0 Å². The van der Waals surface area contributed by atoms with Crippen LogP contribution in [0.5, 0.6) is 0 Å². The van der Waals surface area contributed by atoms with Crippen LogP contribution in [-0.4, -0.2) is 9.79 Å². The van der Waals surface area contributed by atoms with Crippen LogP contribution in [0.1, 0.15) is 39.5 Å². The lowest BCUT2D eigenvalue weighted by Gasteiger charge is -1.87. The fraction of sp³-hybridized carbons (Fsp3) is 1.00. The quantitative estimate of drug-likeness (QED) is 0.543.